The van der Waals surface area contributed by atoms with Crippen LogP contribution in [-0.4, -0.2) is 42.9 Å². The highest BCUT2D eigenvalue weighted by atomic mass is 35.6. The molecule has 6 N–H and O–H groups in total. The molecule has 14 heavy (non-hydrogen) atoms. The molecule has 1 saturated heterocycles. The van der Waals surface area contributed by atoms with E-state index in [0.29, 0.717) is 0 Å². The van der Waals surface area contributed by atoms with Crippen molar-refractivity contribution in [1.29, 1.82) is 0 Å². The Kier molecular flexibility index (Phi) is 5.98. The van der Waals surface area contributed by atoms with Gasteiger partial charge in [-0.05, 0) is 0 Å². The fraction of sp³-hybridized carbons (Fsp3) is 0.250. The minimum absolute atomic E-state index is 0.617. The zero-order valence-electron chi connectivity index (χ0n) is 6.91. The first-order chi connectivity index (χ1) is 6.51. The van der Waals surface area contributed by atoms with Crippen LogP contribution < -0.4 is 21.7 Å². The number of hydrogen-bond acceptors (Lipinski definition) is 4. The minimum atomic E-state index is -1.11. The Bertz CT molecular complexity index is 249. The van der Waals surface area contributed by atoms with Gasteiger partial charge in [-0.25, -0.2) is 19.6 Å². The maximum absolute atomic E-state index is 10.7. The number of rotatable bonds is 1. The van der Waals surface area contributed by atoms with Crippen molar-refractivity contribution in [3.05, 3.63) is 0 Å². The van der Waals surface area contributed by atoms with Crippen molar-refractivity contribution in [2.75, 3.05) is 0 Å². The van der Waals surface area contributed by atoms with Crippen LogP contribution in [0, 0.1) is 0 Å². The summed E-state index contributed by atoms with van der Waals surface area (Å²) in [5.74, 6) is -0.617. The third-order valence-corrected chi connectivity index (χ3v) is 1.06. The van der Waals surface area contributed by atoms with Gasteiger partial charge in [0, 0.05) is 0 Å². The highest BCUT2D eigenvalue weighted by molar-refractivity contribution is 6.89. The van der Waals surface area contributed by atoms with Crippen LogP contribution in [0.1, 0.15) is 0 Å². The fourth-order valence-electron chi connectivity index (χ4n) is 0.661. The molecule has 78 valence electrons. The van der Waals surface area contributed by atoms with E-state index in [9.17, 15) is 14.4 Å². The van der Waals surface area contributed by atoms with Gasteiger partial charge in [0.2, 0.25) is 0 Å². The molecule has 1 heterocycles. The number of nitrogens with one attached hydrogen (secondary N) is 3. The van der Waals surface area contributed by atoms with Crippen LogP contribution >= 0.6 is 10.0 Å². The van der Waals surface area contributed by atoms with E-state index in [4.69, 9.17) is 19.9 Å². The van der Waals surface area contributed by atoms with E-state index in [0.717, 1.165) is 0 Å². The zero-order valence-corrected chi connectivity index (χ0v) is 9.08. The summed E-state index contributed by atoms with van der Waals surface area (Å²) in [5, 5.41) is 6.05. The Hall–Kier alpha value is -1.01. The summed E-state index contributed by atoms with van der Waals surface area (Å²) in [5.41, 5.74) is 4.70. The lowest BCUT2D eigenvalue weighted by Crippen LogP contribution is -2.48. The van der Waals surface area contributed by atoms with Gasteiger partial charge in [0.15, 0.2) is 6.17 Å². The first-order valence-electron chi connectivity index (χ1n) is 3.35. The van der Waals surface area contributed by atoms with Gasteiger partial charge >= 0.3 is 26.7 Å². The molecule has 1 atom stereocenters. The van der Waals surface area contributed by atoms with Crippen molar-refractivity contribution in [1.82, 2.24) is 16.0 Å². The first-order valence-corrected chi connectivity index (χ1v) is 6.12. The Balaban J connectivity index is 0.000000500. The molecule has 8 nitrogen and oxygen atoms in total. The third kappa shape index (κ3) is 4.88. The van der Waals surface area contributed by atoms with E-state index in [-0.39, 0.29) is 0 Å². The van der Waals surface area contributed by atoms with E-state index in [1.807, 2.05) is 10.6 Å². The highest BCUT2D eigenvalue weighted by Crippen LogP contribution is 1.86. The number of primary amides is 1. The molecule has 0 saturated carbocycles. The fourth-order valence-corrected chi connectivity index (χ4v) is 0.661. The molecule has 0 radical (unpaired) electrons. The van der Waals surface area contributed by atoms with Crippen LogP contribution in [0.4, 0.5) is 9.59 Å². The van der Waals surface area contributed by atoms with Crippen molar-refractivity contribution in [3.8, 4) is 0 Å². The smallest absolute Gasteiger partial charge is 0.507 e. The van der Waals surface area contributed by atoms with Crippen LogP contribution in [-0.2, 0) is 4.79 Å². The Labute approximate surface area is 89.4 Å². The first kappa shape index (κ1) is 13.0. The predicted octanol–water partition coefficient (Wildman–Crippen LogP) is -2.70. The number of hydrogen-bond donors (Lipinski definition) is 5. The maximum Gasteiger partial charge on any atom is 0.564 e. The summed E-state index contributed by atoms with van der Waals surface area (Å²) in [4.78, 5) is 31.3. The summed E-state index contributed by atoms with van der Waals surface area (Å²) < 4.78 is 7.47. The van der Waals surface area contributed by atoms with Crippen LogP contribution in [0.2, 0.25) is 0 Å². The SMILES string of the molecule is NC(=O)NC1NC(=O)NC1=O.[OH][AlH][Cl]. The van der Waals surface area contributed by atoms with Crippen LogP contribution in [0.5, 0.6) is 0 Å². The zero-order chi connectivity index (χ0) is 11.1. The normalized spacial score (nSPS) is 18.6. The Morgan fingerprint density at radius 2 is 2.14 bits per heavy atom. The molecule has 0 aromatic rings. The van der Waals surface area contributed by atoms with Crippen molar-refractivity contribution in [2.45, 2.75) is 6.17 Å². The van der Waals surface area contributed by atoms with Gasteiger partial charge in [-0.3, -0.25) is 10.1 Å². The summed E-state index contributed by atoms with van der Waals surface area (Å²) in [6, 6.07) is -1.51. The number of carbonyl (C=O) groups excluding carboxylic acids is 3. The molecule has 0 spiro atoms. The van der Waals surface area contributed by atoms with Gasteiger partial charge in [0.25, 0.3) is 5.91 Å². The number of nitrogens with two attached hydrogens (primary N) is 1. The second-order valence-corrected chi connectivity index (χ2v) is 2.98. The number of imide groups is 1. The van der Waals surface area contributed by atoms with Crippen molar-refractivity contribution in [3.63, 3.8) is 0 Å². The molecule has 1 aliphatic heterocycles. The molecular formula is C4H8AlClN4O4. The maximum atomic E-state index is 10.7. The van der Waals surface area contributed by atoms with Gasteiger partial charge in [-0.15, -0.1) is 0 Å². The topological polar surface area (TPSA) is 134 Å². The monoisotopic (exact) mass is 238 g/mol. The van der Waals surface area contributed by atoms with Crippen molar-refractivity contribution >= 4 is 42.7 Å². The highest BCUT2D eigenvalue weighted by Gasteiger charge is 2.29. The summed E-state index contributed by atoms with van der Waals surface area (Å²) >= 11 is -1.11. The average molecular weight is 239 g/mol. The van der Waals surface area contributed by atoms with Crippen LogP contribution in [0.15, 0.2) is 0 Å². The summed E-state index contributed by atoms with van der Waals surface area (Å²) in [6.07, 6.45) is -1.04. The lowest BCUT2D eigenvalue weighted by Gasteiger charge is -2.05. The van der Waals surface area contributed by atoms with E-state index in [2.05, 4.69) is 5.32 Å². The molecule has 1 fully saturated rings. The predicted molar refractivity (Wildman–Crippen MR) is 48.4 cm³/mol. The molecule has 0 bridgehead atoms. The molecular weight excluding hydrogens is 231 g/mol. The quantitative estimate of drug-likeness (QED) is 0.251. The minimum Gasteiger partial charge on any atom is -0.507 e. The number of urea groups is 2. The molecule has 0 aromatic carbocycles. The van der Waals surface area contributed by atoms with Crippen molar-refractivity contribution < 1.29 is 18.5 Å². The van der Waals surface area contributed by atoms with Gasteiger partial charge in [-0.1, -0.05) is 0 Å². The van der Waals surface area contributed by atoms with Crippen LogP contribution in [0.3, 0.4) is 0 Å². The number of carbonyl (C=O) groups is 3. The molecule has 1 unspecified atom stereocenters. The van der Waals surface area contributed by atoms with E-state index >= 15 is 0 Å². The van der Waals surface area contributed by atoms with Gasteiger partial charge in [0.1, 0.15) is 0 Å². The average Bonchev–Trinajstić information content (AvgIpc) is 2.30. The third-order valence-electron chi connectivity index (χ3n) is 1.06. The standard InChI is InChI=1S/C4H6N4O3.Al.ClH.H2O.H/c5-3(10)6-1-2(9)8-4(11)7-1;;;;/h1H,(H3,5,6,10)(H2,7,8,9,11);;1H;1H2;/q;+2;;;/p-2. The molecule has 0 aromatic heterocycles. The van der Waals surface area contributed by atoms with E-state index in [1.165, 1.54) is 0 Å². The largest absolute Gasteiger partial charge is 0.564 e. The molecule has 1 aliphatic rings. The summed E-state index contributed by atoms with van der Waals surface area (Å²) in [7, 11) is 4.69. The summed E-state index contributed by atoms with van der Waals surface area (Å²) in [6.45, 7) is 0. The lowest BCUT2D eigenvalue weighted by molar-refractivity contribution is -0.120. The second kappa shape index (κ2) is 6.45. The number of amides is 5. The van der Waals surface area contributed by atoms with Gasteiger partial charge < -0.3 is 20.5 Å². The van der Waals surface area contributed by atoms with E-state index in [1.54, 1.807) is 0 Å². The lowest BCUT2D eigenvalue weighted by atomic mass is 10.5. The molecule has 0 aliphatic carbocycles. The Morgan fingerprint density at radius 3 is 2.43 bits per heavy atom. The number of halogens is 1. The van der Waals surface area contributed by atoms with E-state index < -0.39 is 38.8 Å². The second-order valence-electron chi connectivity index (χ2n) is 2.02. The molecule has 5 amide bonds. The van der Waals surface area contributed by atoms with Gasteiger partial charge in [-0.2, -0.15) is 0 Å². The van der Waals surface area contributed by atoms with Crippen molar-refractivity contribution in [2.24, 2.45) is 5.73 Å². The van der Waals surface area contributed by atoms with Gasteiger partial charge in [0.05, 0.1) is 0 Å². The molecule has 10 heteroatoms. The van der Waals surface area contributed by atoms with Crippen LogP contribution in [0.25, 0.3) is 0 Å². The molecule has 1 rings (SSSR count). The Morgan fingerprint density at radius 1 is 1.64 bits per heavy atom.